The number of anilines is 1. The van der Waals surface area contributed by atoms with Crippen LogP contribution in [-0.2, 0) is 14.3 Å². The number of benzene rings is 1. The molecule has 1 aromatic carbocycles. The summed E-state index contributed by atoms with van der Waals surface area (Å²) in [5, 5.41) is 4.61. The normalized spacial score (nSPS) is 15.0. The lowest BCUT2D eigenvalue weighted by Crippen LogP contribution is -2.39. The first-order chi connectivity index (χ1) is 11.2. The second-order valence-electron chi connectivity index (χ2n) is 5.17. The summed E-state index contributed by atoms with van der Waals surface area (Å²) >= 11 is 0. The van der Waals surface area contributed by atoms with E-state index in [4.69, 9.17) is 4.74 Å². The SMILES string of the molecule is O=C(/C=C/C(=O)N1CCOCC1)Nc1cncc2ccccc12. The molecule has 1 N–H and O–H groups in total. The molecule has 1 aliphatic heterocycles. The molecule has 2 heterocycles. The molecule has 1 saturated heterocycles. The largest absolute Gasteiger partial charge is 0.378 e. The van der Waals surface area contributed by atoms with Gasteiger partial charge in [-0.3, -0.25) is 14.6 Å². The summed E-state index contributed by atoms with van der Waals surface area (Å²) in [6.07, 6.45) is 5.87. The maximum atomic E-state index is 12.0. The van der Waals surface area contributed by atoms with E-state index in [0.29, 0.717) is 32.0 Å². The number of aromatic nitrogens is 1. The van der Waals surface area contributed by atoms with E-state index in [2.05, 4.69) is 10.3 Å². The third-order valence-electron chi connectivity index (χ3n) is 3.63. The number of morpholine rings is 1. The van der Waals surface area contributed by atoms with Gasteiger partial charge >= 0.3 is 0 Å². The Morgan fingerprint density at radius 3 is 2.74 bits per heavy atom. The second kappa shape index (κ2) is 7.02. The number of carbonyl (C=O) groups is 2. The van der Waals surface area contributed by atoms with Crippen LogP contribution in [0.15, 0.2) is 48.8 Å². The van der Waals surface area contributed by atoms with Crippen LogP contribution in [0.25, 0.3) is 10.8 Å². The summed E-state index contributed by atoms with van der Waals surface area (Å²) in [5.41, 5.74) is 0.622. The van der Waals surface area contributed by atoms with Gasteiger partial charge in [-0.2, -0.15) is 0 Å². The van der Waals surface area contributed by atoms with Crippen LogP contribution in [-0.4, -0.2) is 48.0 Å². The predicted octanol–water partition coefficient (Wildman–Crippen LogP) is 1.59. The van der Waals surface area contributed by atoms with Crippen molar-refractivity contribution in [2.75, 3.05) is 31.6 Å². The van der Waals surface area contributed by atoms with E-state index in [1.807, 2.05) is 24.3 Å². The van der Waals surface area contributed by atoms with Gasteiger partial charge in [0.25, 0.3) is 0 Å². The number of nitrogens with zero attached hydrogens (tertiary/aromatic N) is 2. The van der Waals surface area contributed by atoms with Gasteiger partial charge in [-0.1, -0.05) is 24.3 Å². The first-order valence-corrected chi connectivity index (χ1v) is 7.42. The Morgan fingerprint density at radius 2 is 1.91 bits per heavy atom. The Bertz CT molecular complexity index is 746. The van der Waals surface area contributed by atoms with E-state index in [-0.39, 0.29) is 11.8 Å². The maximum Gasteiger partial charge on any atom is 0.248 e. The summed E-state index contributed by atoms with van der Waals surface area (Å²) in [7, 11) is 0. The number of hydrogen-bond acceptors (Lipinski definition) is 4. The molecule has 1 aliphatic rings. The number of hydrogen-bond donors (Lipinski definition) is 1. The van der Waals surface area contributed by atoms with E-state index < -0.39 is 0 Å². The highest BCUT2D eigenvalue weighted by Crippen LogP contribution is 2.21. The van der Waals surface area contributed by atoms with Crippen LogP contribution in [0.2, 0.25) is 0 Å². The highest BCUT2D eigenvalue weighted by Gasteiger charge is 2.14. The van der Waals surface area contributed by atoms with Crippen molar-refractivity contribution >= 4 is 28.3 Å². The van der Waals surface area contributed by atoms with Crippen molar-refractivity contribution in [3.8, 4) is 0 Å². The smallest absolute Gasteiger partial charge is 0.248 e. The van der Waals surface area contributed by atoms with Gasteiger partial charge in [0.1, 0.15) is 0 Å². The monoisotopic (exact) mass is 311 g/mol. The van der Waals surface area contributed by atoms with Crippen LogP contribution in [0, 0.1) is 0 Å². The number of fused-ring (bicyclic) bond motifs is 1. The predicted molar refractivity (Wildman–Crippen MR) is 86.9 cm³/mol. The molecule has 0 unspecified atom stereocenters. The zero-order valence-electron chi connectivity index (χ0n) is 12.6. The lowest BCUT2D eigenvalue weighted by Gasteiger charge is -2.25. The van der Waals surface area contributed by atoms with Crippen molar-refractivity contribution in [1.82, 2.24) is 9.88 Å². The Labute approximate surface area is 133 Å². The molecule has 3 rings (SSSR count). The van der Waals surface area contributed by atoms with Gasteiger partial charge in [0, 0.05) is 42.2 Å². The number of ether oxygens (including phenoxy) is 1. The van der Waals surface area contributed by atoms with Gasteiger partial charge in [0.15, 0.2) is 0 Å². The maximum absolute atomic E-state index is 12.0. The zero-order valence-corrected chi connectivity index (χ0v) is 12.6. The fourth-order valence-corrected chi connectivity index (χ4v) is 2.43. The molecular formula is C17H17N3O3. The van der Waals surface area contributed by atoms with Crippen molar-refractivity contribution in [2.45, 2.75) is 0 Å². The van der Waals surface area contributed by atoms with Crippen LogP contribution in [0.1, 0.15) is 0 Å². The van der Waals surface area contributed by atoms with Crippen molar-refractivity contribution < 1.29 is 14.3 Å². The van der Waals surface area contributed by atoms with Gasteiger partial charge < -0.3 is 15.0 Å². The van der Waals surface area contributed by atoms with E-state index in [9.17, 15) is 9.59 Å². The lowest BCUT2D eigenvalue weighted by molar-refractivity contribution is -0.130. The first kappa shape index (κ1) is 15.2. The number of pyridine rings is 1. The van der Waals surface area contributed by atoms with Crippen molar-refractivity contribution in [2.24, 2.45) is 0 Å². The molecule has 0 spiro atoms. The molecule has 0 saturated carbocycles. The Morgan fingerprint density at radius 1 is 1.13 bits per heavy atom. The number of nitrogens with one attached hydrogen (secondary N) is 1. The molecule has 0 aliphatic carbocycles. The molecule has 0 atom stereocenters. The van der Waals surface area contributed by atoms with Gasteiger partial charge in [-0.05, 0) is 0 Å². The molecule has 118 valence electrons. The van der Waals surface area contributed by atoms with E-state index in [0.717, 1.165) is 10.8 Å². The van der Waals surface area contributed by atoms with E-state index >= 15 is 0 Å². The highest BCUT2D eigenvalue weighted by atomic mass is 16.5. The summed E-state index contributed by atoms with van der Waals surface area (Å²) in [4.78, 5) is 29.7. The summed E-state index contributed by atoms with van der Waals surface area (Å²) < 4.78 is 5.19. The van der Waals surface area contributed by atoms with Crippen LogP contribution in [0.3, 0.4) is 0 Å². The summed E-state index contributed by atoms with van der Waals surface area (Å²) in [6.45, 7) is 2.18. The molecule has 0 bridgehead atoms. The molecule has 1 fully saturated rings. The van der Waals surface area contributed by atoms with Crippen LogP contribution in [0.5, 0.6) is 0 Å². The van der Waals surface area contributed by atoms with Crippen molar-refractivity contribution in [1.29, 1.82) is 0 Å². The average molecular weight is 311 g/mol. The third kappa shape index (κ3) is 3.73. The minimum Gasteiger partial charge on any atom is -0.378 e. The molecular weight excluding hydrogens is 294 g/mol. The average Bonchev–Trinajstić information content (AvgIpc) is 2.61. The second-order valence-corrected chi connectivity index (χ2v) is 5.17. The van der Waals surface area contributed by atoms with Gasteiger partial charge in [0.05, 0.1) is 25.1 Å². The molecule has 6 heteroatoms. The zero-order chi connectivity index (χ0) is 16.1. The standard InChI is InChI=1S/C17H17N3O3/c21-16(5-6-17(22)20-7-9-23-10-8-20)19-15-12-18-11-13-3-1-2-4-14(13)15/h1-6,11-12H,7-10H2,(H,19,21)/b6-5+. The molecule has 23 heavy (non-hydrogen) atoms. The molecule has 1 aromatic heterocycles. The lowest BCUT2D eigenvalue weighted by atomic mass is 10.1. The van der Waals surface area contributed by atoms with Crippen LogP contribution in [0.4, 0.5) is 5.69 Å². The number of rotatable bonds is 3. The fourth-order valence-electron chi connectivity index (χ4n) is 2.43. The topological polar surface area (TPSA) is 71.5 Å². The summed E-state index contributed by atoms with van der Waals surface area (Å²) in [6, 6.07) is 7.65. The molecule has 2 aromatic rings. The highest BCUT2D eigenvalue weighted by molar-refractivity contribution is 6.07. The number of amides is 2. The molecule has 2 amide bonds. The van der Waals surface area contributed by atoms with Crippen LogP contribution >= 0.6 is 0 Å². The Balaban J connectivity index is 1.66. The first-order valence-electron chi connectivity index (χ1n) is 7.42. The summed E-state index contributed by atoms with van der Waals surface area (Å²) in [5.74, 6) is -0.538. The third-order valence-corrected chi connectivity index (χ3v) is 3.63. The fraction of sp³-hybridized carbons (Fsp3) is 0.235. The van der Waals surface area contributed by atoms with Gasteiger partial charge in [-0.25, -0.2) is 0 Å². The van der Waals surface area contributed by atoms with Crippen molar-refractivity contribution in [3.63, 3.8) is 0 Å². The van der Waals surface area contributed by atoms with Crippen molar-refractivity contribution in [3.05, 3.63) is 48.8 Å². The van der Waals surface area contributed by atoms with Gasteiger partial charge in [-0.15, -0.1) is 0 Å². The van der Waals surface area contributed by atoms with Crippen LogP contribution < -0.4 is 5.32 Å². The van der Waals surface area contributed by atoms with E-state index in [1.165, 1.54) is 12.2 Å². The molecule has 0 radical (unpaired) electrons. The van der Waals surface area contributed by atoms with Gasteiger partial charge in [0.2, 0.25) is 11.8 Å². The Kier molecular flexibility index (Phi) is 4.63. The quantitative estimate of drug-likeness (QED) is 0.874. The Hall–Kier alpha value is -2.73. The number of carbonyl (C=O) groups excluding carboxylic acids is 2. The minimum atomic E-state index is -0.357. The molecule has 6 nitrogen and oxygen atoms in total. The minimum absolute atomic E-state index is 0.181. The van der Waals surface area contributed by atoms with E-state index in [1.54, 1.807) is 17.3 Å².